The van der Waals surface area contributed by atoms with E-state index in [1.54, 1.807) is 29.3 Å². The SMILES string of the molecule is Cn1cc2cc(-c3cnc(-c4cnc(N5CCC[C@@H](C6CC6)C5)nn4)c(O)c3)cnc2n1. The fraction of sp³-hybridized carbons (Fsp3) is 0.391. The second kappa shape index (κ2) is 7.51. The van der Waals surface area contributed by atoms with Crippen molar-refractivity contribution in [1.82, 2.24) is 34.9 Å². The van der Waals surface area contributed by atoms with Crippen LogP contribution in [0, 0.1) is 11.8 Å². The number of aromatic nitrogens is 7. The minimum absolute atomic E-state index is 0.0319. The molecule has 32 heavy (non-hydrogen) atoms. The number of hydrogen-bond acceptors (Lipinski definition) is 8. The number of nitrogens with zero attached hydrogens (tertiary/aromatic N) is 8. The highest BCUT2D eigenvalue weighted by Gasteiger charge is 2.34. The molecule has 0 radical (unpaired) electrons. The number of hydrogen-bond donors (Lipinski definition) is 1. The van der Waals surface area contributed by atoms with E-state index in [2.05, 4.69) is 35.1 Å². The summed E-state index contributed by atoms with van der Waals surface area (Å²) >= 11 is 0. The molecule has 0 amide bonds. The lowest BCUT2D eigenvalue weighted by molar-refractivity contribution is 0.370. The quantitative estimate of drug-likeness (QED) is 0.528. The van der Waals surface area contributed by atoms with Crippen LogP contribution in [-0.2, 0) is 7.05 Å². The molecule has 5 heterocycles. The van der Waals surface area contributed by atoms with E-state index in [1.807, 2.05) is 19.3 Å². The number of aromatic hydroxyl groups is 1. The second-order valence-electron chi connectivity index (χ2n) is 8.86. The van der Waals surface area contributed by atoms with Gasteiger partial charge in [-0.3, -0.25) is 4.68 Å². The summed E-state index contributed by atoms with van der Waals surface area (Å²) < 4.78 is 1.73. The molecule has 1 aliphatic carbocycles. The number of anilines is 1. The monoisotopic (exact) mass is 428 g/mol. The van der Waals surface area contributed by atoms with Gasteiger partial charge in [-0.1, -0.05) is 0 Å². The highest BCUT2D eigenvalue weighted by atomic mass is 16.3. The number of aryl methyl sites for hydroxylation is 1. The molecule has 0 bridgehead atoms. The lowest BCUT2D eigenvalue weighted by atomic mass is 9.94. The van der Waals surface area contributed by atoms with Gasteiger partial charge in [0.15, 0.2) is 5.65 Å². The zero-order valence-electron chi connectivity index (χ0n) is 17.9. The van der Waals surface area contributed by atoms with Crippen molar-refractivity contribution in [2.75, 3.05) is 18.0 Å². The van der Waals surface area contributed by atoms with Crippen molar-refractivity contribution in [3.63, 3.8) is 0 Å². The Bertz CT molecular complexity index is 1280. The molecule has 9 heteroatoms. The van der Waals surface area contributed by atoms with Gasteiger partial charge in [-0.25, -0.2) is 15.0 Å². The second-order valence-corrected chi connectivity index (χ2v) is 8.86. The summed E-state index contributed by atoms with van der Waals surface area (Å²) in [6, 6.07) is 3.65. The third kappa shape index (κ3) is 3.53. The number of piperidine rings is 1. The Morgan fingerprint density at radius 3 is 2.56 bits per heavy atom. The van der Waals surface area contributed by atoms with Gasteiger partial charge in [-0.2, -0.15) is 5.10 Å². The minimum atomic E-state index is 0.0319. The molecule has 4 aromatic rings. The van der Waals surface area contributed by atoms with E-state index in [0.29, 0.717) is 23.0 Å². The fourth-order valence-electron chi connectivity index (χ4n) is 4.67. The van der Waals surface area contributed by atoms with E-state index < -0.39 is 0 Å². The first kappa shape index (κ1) is 19.1. The predicted octanol–water partition coefficient (Wildman–Crippen LogP) is 3.21. The summed E-state index contributed by atoms with van der Waals surface area (Å²) in [6.07, 6.45) is 12.2. The van der Waals surface area contributed by atoms with E-state index in [0.717, 1.165) is 41.4 Å². The van der Waals surface area contributed by atoms with Gasteiger partial charge >= 0.3 is 0 Å². The first-order valence-corrected chi connectivity index (χ1v) is 11.1. The summed E-state index contributed by atoms with van der Waals surface area (Å²) in [5.74, 6) is 2.33. The van der Waals surface area contributed by atoms with Crippen molar-refractivity contribution in [1.29, 1.82) is 0 Å². The molecule has 1 N–H and O–H groups in total. The first-order chi connectivity index (χ1) is 15.6. The largest absolute Gasteiger partial charge is 0.506 e. The van der Waals surface area contributed by atoms with Crippen molar-refractivity contribution in [3.8, 4) is 28.3 Å². The third-order valence-electron chi connectivity index (χ3n) is 6.50. The van der Waals surface area contributed by atoms with Gasteiger partial charge in [0.2, 0.25) is 5.95 Å². The van der Waals surface area contributed by atoms with E-state index >= 15 is 0 Å². The van der Waals surface area contributed by atoms with Crippen LogP contribution in [0.4, 0.5) is 5.95 Å². The van der Waals surface area contributed by atoms with Crippen LogP contribution in [0.5, 0.6) is 5.75 Å². The summed E-state index contributed by atoms with van der Waals surface area (Å²) in [6.45, 7) is 1.98. The molecule has 4 aromatic heterocycles. The molecule has 2 aliphatic rings. The Morgan fingerprint density at radius 2 is 1.78 bits per heavy atom. The van der Waals surface area contributed by atoms with Gasteiger partial charge in [0.05, 0.1) is 6.20 Å². The van der Waals surface area contributed by atoms with Crippen LogP contribution >= 0.6 is 0 Å². The molecule has 9 nitrogen and oxygen atoms in total. The van der Waals surface area contributed by atoms with Crippen LogP contribution in [0.25, 0.3) is 33.5 Å². The van der Waals surface area contributed by atoms with Crippen molar-refractivity contribution in [2.24, 2.45) is 18.9 Å². The van der Waals surface area contributed by atoms with Gasteiger partial charge in [0, 0.05) is 55.2 Å². The van der Waals surface area contributed by atoms with Crippen molar-refractivity contribution >= 4 is 17.0 Å². The molecular weight excluding hydrogens is 404 g/mol. The maximum Gasteiger partial charge on any atom is 0.245 e. The minimum Gasteiger partial charge on any atom is -0.506 e. The summed E-state index contributed by atoms with van der Waals surface area (Å²) in [7, 11) is 1.86. The Kier molecular flexibility index (Phi) is 4.48. The first-order valence-electron chi connectivity index (χ1n) is 11.1. The topological polar surface area (TPSA) is 106 Å². The summed E-state index contributed by atoms with van der Waals surface area (Å²) in [5.41, 5.74) is 3.12. The molecule has 0 unspecified atom stereocenters. The molecule has 2 fully saturated rings. The Labute approximate surface area is 185 Å². The smallest absolute Gasteiger partial charge is 0.245 e. The van der Waals surface area contributed by atoms with Crippen LogP contribution in [0.2, 0.25) is 0 Å². The molecule has 0 spiro atoms. The highest BCUT2D eigenvalue weighted by Crippen LogP contribution is 2.41. The number of pyridine rings is 2. The normalized spacial score (nSPS) is 18.9. The Morgan fingerprint density at radius 1 is 0.938 bits per heavy atom. The molecule has 0 aromatic carbocycles. The molecule has 1 saturated carbocycles. The molecule has 1 saturated heterocycles. The Hall–Kier alpha value is -3.62. The lowest BCUT2D eigenvalue weighted by Gasteiger charge is -2.32. The van der Waals surface area contributed by atoms with Gasteiger partial charge in [-0.15, -0.1) is 10.2 Å². The molecule has 1 atom stereocenters. The van der Waals surface area contributed by atoms with Crippen molar-refractivity contribution in [3.05, 3.63) is 36.9 Å². The van der Waals surface area contributed by atoms with Crippen LogP contribution in [-0.4, -0.2) is 53.1 Å². The van der Waals surface area contributed by atoms with Crippen molar-refractivity contribution in [2.45, 2.75) is 25.7 Å². The fourth-order valence-corrected chi connectivity index (χ4v) is 4.67. The van der Waals surface area contributed by atoms with Gasteiger partial charge < -0.3 is 10.0 Å². The number of fused-ring (bicyclic) bond motifs is 1. The van der Waals surface area contributed by atoms with Crippen LogP contribution < -0.4 is 4.90 Å². The van der Waals surface area contributed by atoms with Crippen LogP contribution in [0.3, 0.4) is 0 Å². The Balaban J connectivity index is 1.23. The van der Waals surface area contributed by atoms with E-state index in [-0.39, 0.29) is 5.75 Å². The van der Waals surface area contributed by atoms with E-state index in [9.17, 15) is 5.11 Å². The van der Waals surface area contributed by atoms with Gasteiger partial charge in [0.25, 0.3) is 0 Å². The van der Waals surface area contributed by atoms with E-state index in [4.69, 9.17) is 0 Å². The molecular formula is C23H24N8O. The average Bonchev–Trinajstić information content (AvgIpc) is 3.60. The zero-order valence-corrected chi connectivity index (χ0v) is 17.9. The standard InChI is InChI=1S/C23H24N8O/c1-30-12-18-7-16(10-25-22(18)29-30)17-8-20(32)21(24-9-17)19-11-26-23(28-27-19)31-6-2-3-15(13-31)14-4-5-14/h7-12,14-15,32H,2-6,13H2,1H3/t15-/m1/s1. The van der Waals surface area contributed by atoms with Crippen LogP contribution in [0.1, 0.15) is 25.7 Å². The predicted molar refractivity (Wildman–Crippen MR) is 120 cm³/mol. The average molecular weight is 429 g/mol. The van der Waals surface area contributed by atoms with Gasteiger partial charge in [-0.05, 0) is 49.7 Å². The highest BCUT2D eigenvalue weighted by molar-refractivity contribution is 5.81. The number of rotatable bonds is 4. The lowest BCUT2D eigenvalue weighted by Crippen LogP contribution is -2.37. The maximum atomic E-state index is 10.6. The molecule has 1 aliphatic heterocycles. The van der Waals surface area contributed by atoms with Crippen LogP contribution in [0.15, 0.2) is 36.9 Å². The zero-order chi connectivity index (χ0) is 21.7. The molecule has 162 valence electrons. The third-order valence-corrected chi connectivity index (χ3v) is 6.50. The maximum absolute atomic E-state index is 10.6. The summed E-state index contributed by atoms with van der Waals surface area (Å²) in [4.78, 5) is 15.6. The van der Waals surface area contributed by atoms with Gasteiger partial charge in [0.1, 0.15) is 17.1 Å². The molecule has 6 rings (SSSR count). The van der Waals surface area contributed by atoms with Crippen molar-refractivity contribution < 1.29 is 5.11 Å². The van der Waals surface area contributed by atoms with E-state index in [1.165, 1.54) is 25.7 Å². The summed E-state index contributed by atoms with van der Waals surface area (Å²) in [5, 5.41) is 24.5.